The Labute approximate surface area is 124 Å². The number of benzene rings is 1. The third-order valence-corrected chi connectivity index (χ3v) is 3.12. The molecule has 6 nitrogen and oxygen atoms in total. The summed E-state index contributed by atoms with van der Waals surface area (Å²) in [6.45, 7) is 4.01. The number of carbonyl (C=O) groups is 1. The fraction of sp³-hybridized carbons (Fsp3) is 0.533. The molecule has 6 heteroatoms. The van der Waals surface area contributed by atoms with Crippen LogP contribution in [-0.2, 0) is 4.74 Å². The molecule has 0 saturated carbocycles. The van der Waals surface area contributed by atoms with E-state index < -0.39 is 0 Å². The summed E-state index contributed by atoms with van der Waals surface area (Å²) in [5.41, 5.74) is 0. The van der Waals surface area contributed by atoms with E-state index in [1.165, 1.54) is 0 Å². The smallest absolute Gasteiger partial charge is 0.317 e. The third kappa shape index (κ3) is 5.51. The lowest BCUT2D eigenvalue weighted by atomic mass is 10.2. The first-order valence-corrected chi connectivity index (χ1v) is 7.27. The first-order chi connectivity index (χ1) is 10.3. The predicted molar refractivity (Wildman–Crippen MR) is 78.6 cm³/mol. The van der Waals surface area contributed by atoms with Crippen molar-refractivity contribution < 1.29 is 19.0 Å². The number of urea groups is 1. The van der Waals surface area contributed by atoms with Crippen LogP contribution in [0.3, 0.4) is 0 Å². The third-order valence-electron chi connectivity index (χ3n) is 3.12. The Balaban J connectivity index is 1.60. The van der Waals surface area contributed by atoms with Crippen molar-refractivity contribution in [3.63, 3.8) is 0 Å². The van der Waals surface area contributed by atoms with Crippen LogP contribution in [0.15, 0.2) is 24.3 Å². The van der Waals surface area contributed by atoms with Crippen LogP contribution in [0.2, 0.25) is 0 Å². The van der Waals surface area contributed by atoms with Gasteiger partial charge in [-0.3, -0.25) is 0 Å². The number of hydrogen-bond acceptors (Lipinski definition) is 4. The fourth-order valence-electron chi connectivity index (χ4n) is 2.06. The van der Waals surface area contributed by atoms with Crippen molar-refractivity contribution in [2.75, 3.05) is 26.5 Å². The molecular formula is C15H22N2O4. The predicted octanol–water partition coefficient (Wildman–Crippen LogP) is 1.90. The van der Waals surface area contributed by atoms with Crippen molar-refractivity contribution in [2.24, 2.45) is 0 Å². The monoisotopic (exact) mass is 294 g/mol. The second kappa shape index (κ2) is 8.36. The largest absolute Gasteiger partial charge is 0.494 e. The molecule has 1 heterocycles. The zero-order chi connectivity index (χ0) is 14.9. The average molecular weight is 294 g/mol. The molecule has 1 aliphatic rings. The molecule has 1 aliphatic heterocycles. The van der Waals surface area contributed by atoms with Crippen molar-refractivity contribution in [3.05, 3.63) is 24.3 Å². The van der Waals surface area contributed by atoms with E-state index >= 15 is 0 Å². The van der Waals surface area contributed by atoms with E-state index in [1.54, 1.807) is 12.1 Å². The maximum Gasteiger partial charge on any atom is 0.317 e. The fourth-order valence-corrected chi connectivity index (χ4v) is 2.06. The minimum Gasteiger partial charge on any atom is -0.494 e. The maximum atomic E-state index is 11.6. The van der Waals surface area contributed by atoms with Crippen molar-refractivity contribution in [2.45, 2.75) is 25.9 Å². The lowest BCUT2D eigenvalue weighted by molar-refractivity contribution is 0.111. The molecule has 0 radical (unpaired) electrons. The zero-order valence-electron chi connectivity index (χ0n) is 12.3. The van der Waals surface area contributed by atoms with Gasteiger partial charge in [-0.25, -0.2) is 4.79 Å². The van der Waals surface area contributed by atoms with Crippen LogP contribution in [0, 0.1) is 0 Å². The van der Waals surface area contributed by atoms with Crippen molar-refractivity contribution in [1.29, 1.82) is 0 Å². The first kappa shape index (κ1) is 15.4. The van der Waals surface area contributed by atoms with Gasteiger partial charge in [0, 0.05) is 13.2 Å². The molecule has 0 aromatic heterocycles. The lowest BCUT2D eigenvalue weighted by Gasteiger charge is -2.12. The summed E-state index contributed by atoms with van der Waals surface area (Å²) in [6.07, 6.45) is 2.21. The summed E-state index contributed by atoms with van der Waals surface area (Å²) < 4.78 is 16.2. The van der Waals surface area contributed by atoms with Gasteiger partial charge in [-0.1, -0.05) is 0 Å². The molecule has 1 atom stereocenters. The van der Waals surface area contributed by atoms with E-state index in [1.807, 2.05) is 19.1 Å². The van der Waals surface area contributed by atoms with E-state index in [0.717, 1.165) is 25.2 Å². The molecular weight excluding hydrogens is 272 g/mol. The van der Waals surface area contributed by atoms with E-state index in [2.05, 4.69) is 10.6 Å². The molecule has 2 amide bonds. The Hall–Kier alpha value is -1.95. The average Bonchev–Trinajstić information content (AvgIpc) is 3.01. The van der Waals surface area contributed by atoms with Crippen LogP contribution < -0.4 is 20.1 Å². The number of hydrogen-bond donors (Lipinski definition) is 2. The lowest BCUT2D eigenvalue weighted by Crippen LogP contribution is -2.41. The van der Waals surface area contributed by atoms with E-state index in [-0.39, 0.29) is 18.9 Å². The van der Waals surface area contributed by atoms with Gasteiger partial charge in [0.25, 0.3) is 0 Å². The van der Waals surface area contributed by atoms with Gasteiger partial charge in [-0.15, -0.1) is 0 Å². The first-order valence-electron chi connectivity index (χ1n) is 7.27. The number of amides is 2. The molecule has 21 heavy (non-hydrogen) atoms. The van der Waals surface area contributed by atoms with Crippen LogP contribution in [0.4, 0.5) is 4.79 Å². The van der Waals surface area contributed by atoms with Gasteiger partial charge in [0.2, 0.25) is 0 Å². The topological polar surface area (TPSA) is 68.8 Å². The van der Waals surface area contributed by atoms with Crippen LogP contribution in [0.25, 0.3) is 0 Å². The van der Waals surface area contributed by atoms with Crippen LogP contribution in [0.5, 0.6) is 11.5 Å². The van der Waals surface area contributed by atoms with E-state index in [4.69, 9.17) is 14.2 Å². The van der Waals surface area contributed by atoms with Crippen molar-refractivity contribution in [3.8, 4) is 11.5 Å². The minimum atomic E-state index is -0.253. The highest BCUT2D eigenvalue weighted by molar-refractivity contribution is 5.73. The quantitative estimate of drug-likeness (QED) is 0.754. The maximum absolute atomic E-state index is 11.6. The highest BCUT2D eigenvalue weighted by Crippen LogP contribution is 2.17. The summed E-state index contributed by atoms with van der Waals surface area (Å²) in [7, 11) is 0. The SMILES string of the molecule is CCOc1ccc(OCNC(=O)NCC2CCCO2)cc1. The summed E-state index contributed by atoms with van der Waals surface area (Å²) >= 11 is 0. The summed E-state index contributed by atoms with van der Waals surface area (Å²) in [4.78, 5) is 11.6. The summed E-state index contributed by atoms with van der Waals surface area (Å²) in [5.74, 6) is 1.48. The second-order valence-corrected chi connectivity index (χ2v) is 4.71. The minimum absolute atomic E-state index is 0.116. The Morgan fingerprint density at radius 1 is 1.24 bits per heavy atom. The Bertz CT molecular complexity index is 430. The Morgan fingerprint density at radius 2 is 1.95 bits per heavy atom. The van der Waals surface area contributed by atoms with Crippen LogP contribution >= 0.6 is 0 Å². The molecule has 1 unspecified atom stereocenters. The highest BCUT2D eigenvalue weighted by atomic mass is 16.5. The van der Waals surface area contributed by atoms with Gasteiger partial charge in [0.05, 0.1) is 12.7 Å². The summed E-state index contributed by atoms with van der Waals surface area (Å²) in [5, 5.41) is 5.40. The normalized spacial score (nSPS) is 17.3. The highest BCUT2D eigenvalue weighted by Gasteiger charge is 2.15. The van der Waals surface area contributed by atoms with Gasteiger partial charge in [0.15, 0.2) is 6.73 Å². The molecule has 1 saturated heterocycles. The number of ether oxygens (including phenoxy) is 3. The number of carbonyl (C=O) groups excluding carboxylic acids is 1. The number of rotatable bonds is 7. The van der Waals surface area contributed by atoms with Crippen molar-refractivity contribution in [1.82, 2.24) is 10.6 Å². The van der Waals surface area contributed by atoms with Crippen molar-refractivity contribution >= 4 is 6.03 Å². The number of nitrogens with one attached hydrogen (secondary N) is 2. The molecule has 1 fully saturated rings. The molecule has 116 valence electrons. The molecule has 0 aliphatic carbocycles. The van der Waals surface area contributed by atoms with Crippen LogP contribution in [0.1, 0.15) is 19.8 Å². The molecule has 1 aromatic carbocycles. The Kier molecular flexibility index (Phi) is 6.15. The molecule has 2 rings (SSSR count). The van der Waals surface area contributed by atoms with Gasteiger partial charge >= 0.3 is 6.03 Å². The van der Waals surface area contributed by atoms with E-state index in [9.17, 15) is 4.79 Å². The molecule has 0 spiro atoms. The van der Waals surface area contributed by atoms with Crippen LogP contribution in [-0.4, -0.2) is 38.6 Å². The standard InChI is InChI=1S/C15H22N2O4/c1-2-19-12-5-7-13(8-6-12)21-11-17-15(18)16-10-14-4-3-9-20-14/h5-8,14H,2-4,9-11H2,1H3,(H2,16,17,18). The van der Waals surface area contributed by atoms with Gasteiger partial charge in [-0.2, -0.15) is 0 Å². The summed E-state index contributed by atoms with van der Waals surface area (Å²) in [6, 6.07) is 7.01. The van der Waals surface area contributed by atoms with Gasteiger partial charge in [-0.05, 0) is 44.0 Å². The molecule has 2 N–H and O–H groups in total. The van der Waals surface area contributed by atoms with Gasteiger partial charge in [0.1, 0.15) is 11.5 Å². The second-order valence-electron chi connectivity index (χ2n) is 4.71. The molecule has 1 aromatic rings. The van der Waals surface area contributed by atoms with Gasteiger partial charge < -0.3 is 24.8 Å². The molecule has 0 bridgehead atoms. The Morgan fingerprint density at radius 3 is 2.57 bits per heavy atom. The van der Waals surface area contributed by atoms with E-state index in [0.29, 0.717) is 18.9 Å². The zero-order valence-corrected chi connectivity index (χ0v) is 12.3.